The summed E-state index contributed by atoms with van der Waals surface area (Å²) in [6, 6.07) is 2.92. The number of nitrogens with one attached hydrogen (secondary N) is 1. The molecular formula is C15H24F2N2. The van der Waals surface area contributed by atoms with Gasteiger partial charge in [-0.1, -0.05) is 13.8 Å². The van der Waals surface area contributed by atoms with Crippen molar-refractivity contribution in [1.82, 2.24) is 5.32 Å². The van der Waals surface area contributed by atoms with Gasteiger partial charge in [0.05, 0.1) is 0 Å². The fraction of sp³-hybridized carbons (Fsp3) is 0.600. The van der Waals surface area contributed by atoms with Crippen LogP contribution in [0.3, 0.4) is 0 Å². The van der Waals surface area contributed by atoms with Crippen molar-refractivity contribution in [2.24, 2.45) is 0 Å². The first-order valence-electron chi connectivity index (χ1n) is 6.96. The highest BCUT2D eigenvalue weighted by Crippen LogP contribution is 2.27. The van der Waals surface area contributed by atoms with Gasteiger partial charge in [-0.25, -0.2) is 8.78 Å². The molecule has 0 aromatic heterocycles. The largest absolute Gasteiger partial charge is 0.364 e. The molecule has 1 aromatic carbocycles. The zero-order valence-corrected chi connectivity index (χ0v) is 12.3. The van der Waals surface area contributed by atoms with Gasteiger partial charge in [0.1, 0.15) is 17.3 Å². The third-order valence-electron chi connectivity index (χ3n) is 3.03. The van der Waals surface area contributed by atoms with Crippen molar-refractivity contribution in [2.75, 3.05) is 18.0 Å². The third-order valence-corrected chi connectivity index (χ3v) is 3.03. The fourth-order valence-corrected chi connectivity index (χ4v) is 2.13. The maximum atomic E-state index is 14.2. The Labute approximate surface area is 114 Å². The maximum Gasteiger partial charge on any atom is 0.149 e. The van der Waals surface area contributed by atoms with Crippen LogP contribution in [0.1, 0.15) is 39.7 Å². The number of rotatable bonds is 7. The summed E-state index contributed by atoms with van der Waals surface area (Å²) < 4.78 is 28.3. The molecule has 0 heterocycles. The summed E-state index contributed by atoms with van der Waals surface area (Å²) in [5.74, 6) is -0.954. The summed E-state index contributed by atoms with van der Waals surface area (Å²) in [5.41, 5.74) is 0.734. The minimum Gasteiger partial charge on any atom is -0.364 e. The van der Waals surface area contributed by atoms with Gasteiger partial charge in [-0.2, -0.15) is 0 Å². The van der Waals surface area contributed by atoms with Crippen LogP contribution in [0, 0.1) is 11.6 Å². The lowest BCUT2D eigenvalue weighted by atomic mass is 10.1. The number of nitrogens with zero attached hydrogens (tertiary/aromatic N) is 1. The highest BCUT2D eigenvalue weighted by Gasteiger charge is 2.19. The van der Waals surface area contributed by atoms with E-state index in [1.165, 1.54) is 12.1 Å². The lowest BCUT2D eigenvalue weighted by Gasteiger charge is -2.29. The van der Waals surface area contributed by atoms with Gasteiger partial charge in [0.2, 0.25) is 0 Å². The molecule has 0 radical (unpaired) electrons. The molecule has 0 aliphatic heterocycles. The summed E-state index contributed by atoms with van der Waals surface area (Å²) in [6.07, 6.45) is 0.857. The first kappa shape index (κ1) is 15.9. The van der Waals surface area contributed by atoms with E-state index in [1.807, 2.05) is 27.7 Å². The van der Waals surface area contributed by atoms with E-state index in [-0.39, 0.29) is 11.7 Å². The number of hydrogen-bond donors (Lipinski definition) is 1. The van der Waals surface area contributed by atoms with Crippen LogP contribution in [0.15, 0.2) is 12.1 Å². The topological polar surface area (TPSA) is 15.3 Å². The highest BCUT2D eigenvalue weighted by atomic mass is 19.1. The molecule has 0 aliphatic rings. The van der Waals surface area contributed by atoms with Crippen LogP contribution in [0.4, 0.5) is 14.5 Å². The molecule has 19 heavy (non-hydrogen) atoms. The van der Waals surface area contributed by atoms with Crippen LogP contribution in [0.5, 0.6) is 0 Å². The van der Waals surface area contributed by atoms with Crippen molar-refractivity contribution in [3.63, 3.8) is 0 Å². The van der Waals surface area contributed by atoms with Gasteiger partial charge in [0.25, 0.3) is 0 Å². The molecule has 0 saturated heterocycles. The fourth-order valence-electron chi connectivity index (χ4n) is 2.13. The van der Waals surface area contributed by atoms with E-state index in [4.69, 9.17) is 0 Å². The van der Waals surface area contributed by atoms with E-state index in [2.05, 4.69) is 5.32 Å². The SMILES string of the molecule is CCCN(c1c(F)cc(CNCC)cc1F)C(C)C. The first-order valence-corrected chi connectivity index (χ1v) is 6.96. The minimum atomic E-state index is -0.477. The number of benzene rings is 1. The average molecular weight is 270 g/mol. The van der Waals surface area contributed by atoms with E-state index in [1.54, 1.807) is 4.90 Å². The van der Waals surface area contributed by atoms with Gasteiger partial charge >= 0.3 is 0 Å². The third kappa shape index (κ3) is 4.16. The van der Waals surface area contributed by atoms with Crippen LogP contribution < -0.4 is 10.2 Å². The van der Waals surface area contributed by atoms with Crippen molar-refractivity contribution in [2.45, 2.75) is 46.7 Å². The van der Waals surface area contributed by atoms with Crippen LogP contribution in [0.2, 0.25) is 0 Å². The van der Waals surface area contributed by atoms with E-state index in [0.717, 1.165) is 13.0 Å². The Morgan fingerprint density at radius 3 is 2.16 bits per heavy atom. The van der Waals surface area contributed by atoms with Crippen LogP contribution in [-0.2, 0) is 6.54 Å². The smallest absolute Gasteiger partial charge is 0.149 e. The standard InChI is InChI=1S/C15H24F2N2/c1-5-7-19(11(3)4)15-13(16)8-12(9-14(15)17)10-18-6-2/h8-9,11,18H,5-7,10H2,1-4H3. The summed E-state index contributed by atoms with van der Waals surface area (Å²) in [7, 11) is 0. The molecule has 108 valence electrons. The van der Waals surface area contributed by atoms with Gasteiger partial charge in [-0.15, -0.1) is 0 Å². The van der Waals surface area contributed by atoms with Gasteiger partial charge < -0.3 is 10.2 Å². The molecule has 1 aromatic rings. The second-order valence-corrected chi connectivity index (χ2v) is 4.98. The van der Waals surface area contributed by atoms with Crippen LogP contribution in [0.25, 0.3) is 0 Å². The van der Waals surface area contributed by atoms with E-state index >= 15 is 0 Å². The minimum absolute atomic E-state index is 0.0727. The molecule has 0 aliphatic carbocycles. The lowest BCUT2D eigenvalue weighted by molar-refractivity contribution is 0.548. The second-order valence-electron chi connectivity index (χ2n) is 4.98. The van der Waals surface area contributed by atoms with E-state index in [9.17, 15) is 8.78 Å². The Kier molecular flexibility index (Phi) is 6.22. The average Bonchev–Trinajstić information content (AvgIpc) is 2.34. The predicted molar refractivity (Wildman–Crippen MR) is 76.5 cm³/mol. The van der Waals surface area contributed by atoms with Crippen molar-refractivity contribution >= 4 is 5.69 Å². The zero-order valence-electron chi connectivity index (χ0n) is 12.3. The van der Waals surface area contributed by atoms with Crippen LogP contribution in [-0.4, -0.2) is 19.1 Å². The van der Waals surface area contributed by atoms with E-state index < -0.39 is 11.6 Å². The summed E-state index contributed by atoms with van der Waals surface area (Å²) in [5, 5.41) is 3.07. The molecular weight excluding hydrogens is 246 g/mol. The Morgan fingerprint density at radius 2 is 1.74 bits per heavy atom. The highest BCUT2D eigenvalue weighted by molar-refractivity contribution is 5.51. The summed E-state index contributed by atoms with van der Waals surface area (Å²) in [6.45, 7) is 9.77. The van der Waals surface area contributed by atoms with Gasteiger partial charge in [-0.05, 0) is 44.5 Å². The molecule has 0 fully saturated rings. The van der Waals surface area contributed by atoms with Gasteiger partial charge in [0, 0.05) is 19.1 Å². The molecule has 1 rings (SSSR count). The molecule has 0 unspecified atom stereocenters. The molecule has 0 spiro atoms. The number of anilines is 1. The number of halogens is 2. The van der Waals surface area contributed by atoms with Crippen molar-refractivity contribution in [3.8, 4) is 0 Å². The van der Waals surface area contributed by atoms with Crippen molar-refractivity contribution < 1.29 is 8.78 Å². The monoisotopic (exact) mass is 270 g/mol. The predicted octanol–water partition coefficient (Wildman–Crippen LogP) is 3.70. The molecule has 0 saturated carbocycles. The Hall–Kier alpha value is -1.16. The molecule has 1 N–H and O–H groups in total. The van der Waals surface area contributed by atoms with Crippen molar-refractivity contribution in [3.05, 3.63) is 29.3 Å². The molecule has 4 heteroatoms. The number of hydrogen-bond acceptors (Lipinski definition) is 2. The quantitative estimate of drug-likeness (QED) is 0.812. The molecule has 2 nitrogen and oxygen atoms in total. The maximum absolute atomic E-state index is 14.2. The lowest BCUT2D eigenvalue weighted by Crippen LogP contribution is -2.33. The summed E-state index contributed by atoms with van der Waals surface area (Å²) >= 11 is 0. The van der Waals surface area contributed by atoms with Crippen LogP contribution >= 0.6 is 0 Å². The molecule has 0 atom stereocenters. The second kappa shape index (κ2) is 7.43. The van der Waals surface area contributed by atoms with Gasteiger partial charge in [0.15, 0.2) is 0 Å². The summed E-state index contributed by atoms with van der Waals surface area (Å²) in [4.78, 5) is 1.78. The Bertz CT molecular complexity index is 382. The normalized spacial score (nSPS) is 11.1. The zero-order chi connectivity index (χ0) is 14.4. The Balaban J connectivity index is 3.07. The van der Waals surface area contributed by atoms with E-state index in [0.29, 0.717) is 18.7 Å². The first-order chi connectivity index (χ1) is 9.01. The molecule has 0 amide bonds. The Morgan fingerprint density at radius 1 is 1.16 bits per heavy atom. The van der Waals surface area contributed by atoms with Crippen molar-refractivity contribution in [1.29, 1.82) is 0 Å². The van der Waals surface area contributed by atoms with Gasteiger partial charge in [-0.3, -0.25) is 0 Å². The molecule has 0 bridgehead atoms.